The average molecular weight is 412 g/mol. The van der Waals surface area contributed by atoms with Crippen LogP contribution in [0.3, 0.4) is 0 Å². The third-order valence-electron chi connectivity index (χ3n) is 5.33. The summed E-state index contributed by atoms with van der Waals surface area (Å²) in [4.78, 5) is 39.3. The van der Waals surface area contributed by atoms with Gasteiger partial charge >= 0.3 is 11.1 Å². The van der Waals surface area contributed by atoms with Gasteiger partial charge < -0.3 is 24.1 Å². The van der Waals surface area contributed by atoms with E-state index in [-0.39, 0.29) is 5.56 Å². The highest BCUT2D eigenvalue weighted by molar-refractivity contribution is 6.07. The van der Waals surface area contributed by atoms with E-state index < -0.39 is 22.8 Å². The van der Waals surface area contributed by atoms with Crippen molar-refractivity contribution in [3.05, 3.63) is 68.5 Å². The molecule has 0 atom stereocenters. The first-order valence-corrected chi connectivity index (χ1v) is 9.51. The zero-order chi connectivity index (χ0) is 21.4. The summed E-state index contributed by atoms with van der Waals surface area (Å²) in [7, 11) is 3.04. The molecule has 0 bridgehead atoms. The molecular formula is C21H21FN4O4. The Balaban J connectivity index is 1.89. The van der Waals surface area contributed by atoms with Crippen LogP contribution in [0.2, 0.25) is 0 Å². The van der Waals surface area contributed by atoms with Gasteiger partial charge in [0.15, 0.2) is 0 Å². The molecule has 1 amide bonds. The Kier molecular flexibility index (Phi) is 5.13. The van der Waals surface area contributed by atoms with E-state index in [9.17, 15) is 18.8 Å². The summed E-state index contributed by atoms with van der Waals surface area (Å²) in [6.07, 6.45) is 0. The van der Waals surface area contributed by atoms with Crippen LogP contribution in [0.15, 0.2) is 46.0 Å². The number of nitrogens with one attached hydrogen (secondary N) is 1. The van der Waals surface area contributed by atoms with Crippen molar-refractivity contribution < 1.29 is 13.9 Å². The number of hydrogen-bond acceptors (Lipinski definition) is 5. The van der Waals surface area contributed by atoms with E-state index in [0.29, 0.717) is 48.7 Å². The van der Waals surface area contributed by atoms with Crippen molar-refractivity contribution in [2.24, 2.45) is 14.1 Å². The molecule has 1 saturated heterocycles. The van der Waals surface area contributed by atoms with Gasteiger partial charge in [0.05, 0.1) is 41.2 Å². The lowest BCUT2D eigenvalue weighted by Crippen LogP contribution is -2.40. The Labute approximate surface area is 171 Å². The highest BCUT2D eigenvalue weighted by Gasteiger charge is 2.21. The van der Waals surface area contributed by atoms with Gasteiger partial charge in [-0.05, 0) is 24.3 Å². The largest absolute Gasteiger partial charge is 0.378 e. The van der Waals surface area contributed by atoms with E-state index in [0.717, 1.165) is 0 Å². The number of ether oxygens (including phenoxy) is 1. The summed E-state index contributed by atoms with van der Waals surface area (Å²) in [6, 6.07) is 9.12. The number of halogens is 1. The molecule has 9 heteroatoms. The summed E-state index contributed by atoms with van der Waals surface area (Å²) in [6.45, 7) is 2.22. The molecule has 0 radical (unpaired) electrons. The van der Waals surface area contributed by atoms with Gasteiger partial charge in [0.1, 0.15) is 5.82 Å². The van der Waals surface area contributed by atoms with Gasteiger partial charge in [-0.1, -0.05) is 12.1 Å². The number of benzene rings is 2. The van der Waals surface area contributed by atoms with E-state index in [4.69, 9.17) is 4.74 Å². The molecule has 1 N–H and O–H groups in total. The van der Waals surface area contributed by atoms with Crippen molar-refractivity contribution in [3.63, 3.8) is 0 Å². The maximum atomic E-state index is 14.1. The van der Waals surface area contributed by atoms with Crippen molar-refractivity contribution in [1.82, 2.24) is 9.13 Å². The zero-order valence-corrected chi connectivity index (χ0v) is 16.6. The van der Waals surface area contributed by atoms with Gasteiger partial charge in [-0.3, -0.25) is 14.4 Å². The molecular weight excluding hydrogens is 391 g/mol. The Morgan fingerprint density at radius 3 is 2.23 bits per heavy atom. The molecule has 156 valence electrons. The van der Waals surface area contributed by atoms with Crippen LogP contribution in [0.4, 0.5) is 15.8 Å². The number of anilines is 2. The molecule has 4 rings (SSSR count). The quantitative estimate of drug-likeness (QED) is 0.659. The number of amides is 1. The highest BCUT2D eigenvalue weighted by Crippen LogP contribution is 2.31. The maximum Gasteiger partial charge on any atom is 0.316 e. The lowest BCUT2D eigenvalue weighted by molar-refractivity contribution is 0.102. The van der Waals surface area contributed by atoms with Crippen LogP contribution in [0.25, 0.3) is 11.0 Å². The Morgan fingerprint density at radius 2 is 1.60 bits per heavy atom. The van der Waals surface area contributed by atoms with Crippen LogP contribution < -0.4 is 21.3 Å². The number of aryl methyl sites for hydroxylation is 2. The van der Waals surface area contributed by atoms with Gasteiger partial charge in [0, 0.05) is 27.2 Å². The number of fused-ring (bicyclic) bond motifs is 1. The first-order valence-electron chi connectivity index (χ1n) is 9.51. The standard InChI is InChI=1S/C21H21FN4O4/c1-24-17-11-15(23-19(27)13-5-3-4-6-14(13)22)16(26-7-9-30-10-8-26)12-18(17)25(2)21(29)20(24)28/h3-6,11-12H,7-10H2,1-2H3,(H,23,27). The van der Waals surface area contributed by atoms with Crippen molar-refractivity contribution in [2.45, 2.75) is 0 Å². The molecule has 30 heavy (non-hydrogen) atoms. The number of rotatable bonds is 3. The number of aromatic nitrogens is 2. The number of carbonyl (C=O) groups is 1. The molecule has 1 fully saturated rings. The maximum absolute atomic E-state index is 14.1. The lowest BCUT2D eigenvalue weighted by atomic mass is 10.1. The Morgan fingerprint density at radius 1 is 1.00 bits per heavy atom. The number of morpholine rings is 1. The van der Waals surface area contributed by atoms with Crippen molar-refractivity contribution >= 4 is 28.3 Å². The Hall–Kier alpha value is -3.46. The molecule has 2 aromatic carbocycles. The second-order valence-electron chi connectivity index (χ2n) is 7.12. The summed E-state index contributed by atoms with van der Waals surface area (Å²) in [5, 5.41) is 2.77. The van der Waals surface area contributed by atoms with Crippen LogP contribution in [0.5, 0.6) is 0 Å². The minimum Gasteiger partial charge on any atom is -0.378 e. The minimum absolute atomic E-state index is 0.0834. The van der Waals surface area contributed by atoms with Gasteiger partial charge in [-0.2, -0.15) is 0 Å². The van der Waals surface area contributed by atoms with E-state index in [2.05, 4.69) is 5.32 Å². The monoisotopic (exact) mass is 412 g/mol. The molecule has 3 aromatic rings. The van der Waals surface area contributed by atoms with Crippen LogP contribution in [-0.4, -0.2) is 41.3 Å². The third kappa shape index (κ3) is 3.37. The van der Waals surface area contributed by atoms with Gasteiger partial charge in [-0.25, -0.2) is 4.39 Å². The smallest absolute Gasteiger partial charge is 0.316 e. The van der Waals surface area contributed by atoms with E-state index in [1.807, 2.05) is 4.90 Å². The molecule has 0 spiro atoms. The predicted octanol–water partition coefficient (Wildman–Crippen LogP) is 1.47. The van der Waals surface area contributed by atoms with Crippen LogP contribution >= 0.6 is 0 Å². The lowest BCUT2D eigenvalue weighted by Gasteiger charge is -2.31. The minimum atomic E-state index is -0.671. The van der Waals surface area contributed by atoms with Crippen molar-refractivity contribution in [1.29, 1.82) is 0 Å². The first kappa shape index (κ1) is 19.8. The fourth-order valence-electron chi connectivity index (χ4n) is 3.61. The average Bonchev–Trinajstić information content (AvgIpc) is 2.76. The van der Waals surface area contributed by atoms with E-state index in [1.54, 1.807) is 18.2 Å². The molecule has 0 unspecified atom stereocenters. The first-order chi connectivity index (χ1) is 14.4. The second-order valence-corrected chi connectivity index (χ2v) is 7.12. The van der Waals surface area contributed by atoms with E-state index in [1.165, 1.54) is 41.4 Å². The fourth-order valence-corrected chi connectivity index (χ4v) is 3.61. The third-order valence-corrected chi connectivity index (χ3v) is 5.33. The SMILES string of the molecule is Cn1c(=O)c(=O)n(C)c2cc(N3CCOCC3)c(NC(=O)c3ccccc3F)cc21. The van der Waals surface area contributed by atoms with Gasteiger partial charge in [-0.15, -0.1) is 0 Å². The number of carbonyl (C=O) groups excluding carboxylic acids is 1. The van der Waals surface area contributed by atoms with Crippen molar-refractivity contribution in [2.75, 3.05) is 36.5 Å². The summed E-state index contributed by atoms with van der Waals surface area (Å²) < 4.78 is 22.1. The highest BCUT2D eigenvalue weighted by atomic mass is 19.1. The van der Waals surface area contributed by atoms with Crippen LogP contribution in [0.1, 0.15) is 10.4 Å². The Bertz CT molecular complexity index is 1260. The zero-order valence-electron chi connectivity index (χ0n) is 16.6. The fraction of sp³-hybridized carbons (Fsp3) is 0.286. The summed E-state index contributed by atoms with van der Waals surface area (Å²) >= 11 is 0. The normalized spacial score (nSPS) is 14.2. The van der Waals surface area contributed by atoms with Crippen LogP contribution in [-0.2, 0) is 18.8 Å². The van der Waals surface area contributed by atoms with Gasteiger partial charge in [0.2, 0.25) is 0 Å². The molecule has 1 aliphatic rings. The number of hydrogen-bond donors (Lipinski definition) is 1. The van der Waals surface area contributed by atoms with Gasteiger partial charge in [0.25, 0.3) is 5.91 Å². The predicted molar refractivity (Wildman–Crippen MR) is 112 cm³/mol. The van der Waals surface area contributed by atoms with E-state index >= 15 is 0 Å². The summed E-state index contributed by atoms with van der Waals surface area (Å²) in [5.74, 6) is -1.23. The van der Waals surface area contributed by atoms with Crippen LogP contribution in [0, 0.1) is 5.82 Å². The molecule has 0 aliphatic carbocycles. The molecule has 8 nitrogen and oxygen atoms in total. The summed E-state index contributed by atoms with van der Waals surface area (Å²) in [5.41, 5.74) is 0.724. The molecule has 1 aromatic heterocycles. The van der Waals surface area contributed by atoms with Crippen molar-refractivity contribution in [3.8, 4) is 0 Å². The topological polar surface area (TPSA) is 85.6 Å². The second kappa shape index (κ2) is 7.75. The molecule has 1 aliphatic heterocycles. The molecule has 0 saturated carbocycles. The molecule has 2 heterocycles. The number of nitrogens with zero attached hydrogens (tertiary/aromatic N) is 3.